The van der Waals surface area contributed by atoms with Crippen LogP contribution < -0.4 is 4.74 Å². The third kappa shape index (κ3) is 2.87. The first kappa shape index (κ1) is 12.6. The Bertz CT molecular complexity index is 520. The lowest BCUT2D eigenvalue weighted by molar-refractivity contribution is 0.198. The summed E-state index contributed by atoms with van der Waals surface area (Å²) in [5.41, 5.74) is 0.774. The van der Waals surface area contributed by atoms with Crippen molar-refractivity contribution in [2.75, 3.05) is 0 Å². The van der Waals surface area contributed by atoms with E-state index < -0.39 is 6.10 Å². The number of aliphatic hydroxyl groups excluding tert-OH is 1. The molecule has 2 aromatic heterocycles. The van der Waals surface area contributed by atoms with Crippen molar-refractivity contribution in [1.29, 1.82) is 0 Å². The fourth-order valence-corrected chi connectivity index (χ4v) is 1.52. The van der Waals surface area contributed by atoms with Gasteiger partial charge in [0.1, 0.15) is 0 Å². The van der Waals surface area contributed by atoms with Gasteiger partial charge < -0.3 is 9.84 Å². The number of rotatable bonds is 4. The van der Waals surface area contributed by atoms with Crippen LogP contribution in [0.25, 0.3) is 0 Å². The Morgan fingerprint density at radius 3 is 2.72 bits per heavy atom. The van der Waals surface area contributed by atoms with Gasteiger partial charge >= 0.3 is 0 Å². The molecule has 2 heterocycles. The first-order valence-electron chi connectivity index (χ1n) is 5.92. The van der Waals surface area contributed by atoms with Gasteiger partial charge in [-0.05, 0) is 32.4 Å². The number of ether oxygens (including phenoxy) is 1. The largest absolute Gasteiger partial charge is 0.436 e. The van der Waals surface area contributed by atoms with Crippen molar-refractivity contribution in [1.82, 2.24) is 14.8 Å². The number of pyridine rings is 1. The maximum absolute atomic E-state index is 9.49. The molecular weight excluding hydrogens is 230 g/mol. The van der Waals surface area contributed by atoms with Crippen LogP contribution >= 0.6 is 0 Å². The van der Waals surface area contributed by atoms with Gasteiger partial charge in [-0.2, -0.15) is 5.10 Å². The van der Waals surface area contributed by atoms with Gasteiger partial charge in [0, 0.05) is 18.3 Å². The SMILES string of the molecule is CC(O)c1ccnc(Oc2cnn(C(C)C)c2)c1. The molecule has 0 aromatic carbocycles. The lowest BCUT2D eigenvalue weighted by Gasteiger charge is -2.07. The zero-order valence-corrected chi connectivity index (χ0v) is 10.7. The molecule has 1 unspecified atom stereocenters. The molecule has 0 saturated heterocycles. The smallest absolute Gasteiger partial charge is 0.219 e. The maximum atomic E-state index is 9.49. The number of aliphatic hydroxyl groups is 1. The predicted octanol–water partition coefficient (Wildman–Crippen LogP) is 2.70. The van der Waals surface area contributed by atoms with E-state index in [1.807, 2.05) is 24.7 Å². The molecular formula is C13H17N3O2. The van der Waals surface area contributed by atoms with Crippen molar-refractivity contribution in [2.45, 2.75) is 32.9 Å². The highest BCUT2D eigenvalue weighted by molar-refractivity contribution is 5.26. The van der Waals surface area contributed by atoms with Gasteiger partial charge in [-0.3, -0.25) is 4.68 Å². The lowest BCUT2D eigenvalue weighted by Crippen LogP contribution is -1.99. The first-order chi connectivity index (χ1) is 8.56. The summed E-state index contributed by atoms with van der Waals surface area (Å²) in [6.07, 6.45) is 4.55. The summed E-state index contributed by atoms with van der Waals surface area (Å²) >= 11 is 0. The van der Waals surface area contributed by atoms with Gasteiger partial charge in [-0.1, -0.05) is 0 Å². The Kier molecular flexibility index (Phi) is 3.62. The van der Waals surface area contributed by atoms with Gasteiger partial charge in [0.25, 0.3) is 0 Å². The van der Waals surface area contributed by atoms with E-state index in [1.165, 1.54) is 0 Å². The van der Waals surface area contributed by atoms with Gasteiger partial charge in [0.2, 0.25) is 5.88 Å². The molecule has 18 heavy (non-hydrogen) atoms. The van der Waals surface area contributed by atoms with Crippen molar-refractivity contribution in [3.8, 4) is 11.6 Å². The van der Waals surface area contributed by atoms with Crippen molar-refractivity contribution in [3.05, 3.63) is 36.3 Å². The lowest BCUT2D eigenvalue weighted by atomic mass is 10.2. The molecule has 1 N–H and O–H groups in total. The molecule has 0 aliphatic carbocycles. The summed E-state index contributed by atoms with van der Waals surface area (Å²) in [5, 5.41) is 13.7. The highest BCUT2D eigenvalue weighted by Gasteiger charge is 2.07. The molecule has 0 spiro atoms. The summed E-state index contributed by atoms with van der Waals surface area (Å²) in [6.45, 7) is 5.79. The second kappa shape index (κ2) is 5.18. The summed E-state index contributed by atoms with van der Waals surface area (Å²) in [7, 11) is 0. The normalized spacial score (nSPS) is 12.7. The standard InChI is InChI=1S/C13H17N3O2/c1-9(2)16-8-12(7-15-16)18-13-6-11(10(3)17)4-5-14-13/h4-10,17H,1-3H3. The van der Waals surface area contributed by atoms with E-state index in [1.54, 1.807) is 31.5 Å². The van der Waals surface area contributed by atoms with E-state index >= 15 is 0 Å². The fraction of sp³-hybridized carbons (Fsp3) is 0.385. The number of hydrogen-bond acceptors (Lipinski definition) is 4. The third-order valence-corrected chi connectivity index (χ3v) is 2.57. The number of hydrogen-bond donors (Lipinski definition) is 1. The van der Waals surface area contributed by atoms with E-state index in [-0.39, 0.29) is 0 Å². The van der Waals surface area contributed by atoms with Crippen LogP contribution in [-0.2, 0) is 0 Å². The minimum absolute atomic E-state index is 0.291. The minimum atomic E-state index is -0.534. The second-order valence-corrected chi connectivity index (χ2v) is 4.46. The molecule has 0 bridgehead atoms. The Morgan fingerprint density at radius 1 is 1.33 bits per heavy atom. The molecule has 0 amide bonds. The monoisotopic (exact) mass is 247 g/mol. The van der Waals surface area contributed by atoms with Gasteiger partial charge in [-0.15, -0.1) is 0 Å². The van der Waals surface area contributed by atoms with Crippen LogP contribution in [0.2, 0.25) is 0 Å². The molecule has 0 fully saturated rings. The van der Waals surface area contributed by atoms with E-state index in [9.17, 15) is 5.11 Å². The van der Waals surface area contributed by atoms with Crippen LogP contribution in [0.4, 0.5) is 0 Å². The summed E-state index contributed by atoms with van der Waals surface area (Å²) in [6, 6.07) is 3.77. The zero-order chi connectivity index (χ0) is 13.1. The van der Waals surface area contributed by atoms with Crippen molar-refractivity contribution < 1.29 is 9.84 Å². The highest BCUT2D eigenvalue weighted by atomic mass is 16.5. The van der Waals surface area contributed by atoms with Crippen molar-refractivity contribution in [3.63, 3.8) is 0 Å². The molecule has 96 valence electrons. The van der Waals surface area contributed by atoms with Crippen LogP contribution in [-0.4, -0.2) is 19.9 Å². The number of nitrogens with zero attached hydrogens (tertiary/aromatic N) is 3. The van der Waals surface area contributed by atoms with Crippen LogP contribution in [0.5, 0.6) is 11.6 Å². The topological polar surface area (TPSA) is 60.2 Å². The maximum Gasteiger partial charge on any atom is 0.219 e. The molecule has 0 radical (unpaired) electrons. The highest BCUT2D eigenvalue weighted by Crippen LogP contribution is 2.22. The number of aromatic nitrogens is 3. The fourth-order valence-electron chi connectivity index (χ4n) is 1.52. The Balaban J connectivity index is 2.15. The Labute approximate surface area is 106 Å². The minimum Gasteiger partial charge on any atom is -0.436 e. The molecule has 5 nitrogen and oxygen atoms in total. The predicted molar refractivity (Wildman–Crippen MR) is 67.6 cm³/mol. The van der Waals surface area contributed by atoms with Crippen molar-refractivity contribution >= 4 is 0 Å². The average molecular weight is 247 g/mol. The molecule has 0 aliphatic rings. The second-order valence-electron chi connectivity index (χ2n) is 4.46. The molecule has 2 aromatic rings. The zero-order valence-electron chi connectivity index (χ0n) is 10.7. The van der Waals surface area contributed by atoms with Crippen molar-refractivity contribution in [2.24, 2.45) is 0 Å². The first-order valence-corrected chi connectivity index (χ1v) is 5.92. The molecule has 2 rings (SSSR count). The quantitative estimate of drug-likeness (QED) is 0.902. The molecule has 0 aliphatic heterocycles. The van der Waals surface area contributed by atoms with Gasteiger partial charge in [-0.25, -0.2) is 4.98 Å². The van der Waals surface area contributed by atoms with E-state index in [4.69, 9.17) is 4.74 Å². The van der Waals surface area contributed by atoms with Crippen LogP contribution in [0.15, 0.2) is 30.7 Å². The Hall–Kier alpha value is -1.88. The van der Waals surface area contributed by atoms with E-state index in [0.29, 0.717) is 17.7 Å². The third-order valence-electron chi connectivity index (χ3n) is 2.57. The summed E-state index contributed by atoms with van der Waals surface area (Å²) in [4.78, 5) is 4.10. The van der Waals surface area contributed by atoms with Crippen LogP contribution in [0.1, 0.15) is 38.5 Å². The average Bonchev–Trinajstić information content (AvgIpc) is 2.78. The van der Waals surface area contributed by atoms with E-state index in [2.05, 4.69) is 10.1 Å². The molecule has 1 atom stereocenters. The Morgan fingerprint density at radius 2 is 2.11 bits per heavy atom. The molecule has 5 heteroatoms. The van der Waals surface area contributed by atoms with Gasteiger partial charge in [0.05, 0.1) is 18.5 Å². The summed E-state index contributed by atoms with van der Waals surface area (Å²) in [5.74, 6) is 1.09. The summed E-state index contributed by atoms with van der Waals surface area (Å²) < 4.78 is 7.41. The van der Waals surface area contributed by atoms with E-state index in [0.717, 1.165) is 5.56 Å². The van der Waals surface area contributed by atoms with Crippen LogP contribution in [0, 0.1) is 0 Å². The van der Waals surface area contributed by atoms with Crippen LogP contribution in [0.3, 0.4) is 0 Å². The molecule has 0 saturated carbocycles. The van der Waals surface area contributed by atoms with Gasteiger partial charge in [0.15, 0.2) is 5.75 Å².